The van der Waals surface area contributed by atoms with Gasteiger partial charge in [-0.2, -0.15) is 0 Å². The van der Waals surface area contributed by atoms with Crippen LogP contribution in [0.5, 0.6) is 0 Å². The molecule has 1 aliphatic heterocycles. The average molecular weight is 264 g/mol. The van der Waals surface area contributed by atoms with Crippen molar-refractivity contribution < 1.29 is 4.74 Å². The lowest BCUT2D eigenvalue weighted by Crippen LogP contribution is -2.36. The van der Waals surface area contributed by atoms with Crippen LogP contribution in [-0.4, -0.2) is 27.6 Å². The lowest BCUT2D eigenvalue weighted by molar-refractivity contribution is 0.000724. The Morgan fingerprint density at radius 3 is 3.39 bits per heavy atom. The van der Waals surface area contributed by atoms with Crippen LogP contribution in [0.2, 0.25) is 0 Å². The molecule has 0 saturated heterocycles. The van der Waals surface area contributed by atoms with Crippen LogP contribution in [0, 0.1) is 6.92 Å². The Morgan fingerprint density at radius 2 is 2.56 bits per heavy atom. The van der Waals surface area contributed by atoms with Crippen LogP contribution >= 0.6 is 11.3 Å². The minimum Gasteiger partial charge on any atom is -0.369 e. The van der Waals surface area contributed by atoms with E-state index >= 15 is 0 Å². The number of aromatic nitrogens is 3. The highest BCUT2D eigenvalue weighted by molar-refractivity contribution is 7.09. The van der Waals surface area contributed by atoms with E-state index in [9.17, 15) is 0 Å². The van der Waals surface area contributed by atoms with Crippen LogP contribution in [-0.2, 0) is 24.4 Å². The molecule has 2 aromatic heterocycles. The van der Waals surface area contributed by atoms with Crippen molar-refractivity contribution in [3.63, 3.8) is 0 Å². The molecule has 18 heavy (non-hydrogen) atoms. The third-order valence-electron chi connectivity index (χ3n) is 3.12. The zero-order valence-corrected chi connectivity index (χ0v) is 11.1. The molecule has 0 fully saturated rings. The summed E-state index contributed by atoms with van der Waals surface area (Å²) in [7, 11) is 0. The molecular weight excluding hydrogens is 248 g/mol. The number of ether oxygens (including phenoxy) is 1. The van der Waals surface area contributed by atoms with Crippen LogP contribution in [0.1, 0.15) is 16.3 Å². The van der Waals surface area contributed by atoms with Crippen molar-refractivity contribution >= 4 is 11.3 Å². The van der Waals surface area contributed by atoms with Gasteiger partial charge in [-0.3, -0.25) is 0 Å². The fraction of sp³-hybridized carbons (Fsp3) is 0.500. The molecule has 0 bridgehead atoms. The third-order valence-corrected chi connectivity index (χ3v) is 3.99. The molecule has 1 N–H and O–H groups in total. The Bertz CT molecular complexity index is 508. The zero-order chi connectivity index (χ0) is 12.4. The summed E-state index contributed by atoms with van der Waals surface area (Å²) in [4.78, 5) is 1.35. The van der Waals surface area contributed by atoms with Gasteiger partial charge in [-0.05, 0) is 18.4 Å². The SMILES string of the molecule is Cc1nnn2c1COC(CNCc1cccs1)C2. The van der Waals surface area contributed by atoms with E-state index in [1.807, 2.05) is 11.6 Å². The predicted molar refractivity (Wildman–Crippen MR) is 69.4 cm³/mol. The molecule has 6 heteroatoms. The monoisotopic (exact) mass is 264 g/mol. The van der Waals surface area contributed by atoms with Crippen molar-refractivity contribution in [3.05, 3.63) is 33.8 Å². The zero-order valence-electron chi connectivity index (χ0n) is 10.3. The van der Waals surface area contributed by atoms with Crippen molar-refractivity contribution in [2.24, 2.45) is 0 Å². The summed E-state index contributed by atoms with van der Waals surface area (Å²) >= 11 is 1.77. The first-order chi connectivity index (χ1) is 8.83. The van der Waals surface area contributed by atoms with E-state index in [-0.39, 0.29) is 6.10 Å². The van der Waals surface area contributed by atoms with Gasteiger partial charge < -0.3 is 10.1 Å². The fourth-order valence-corrected chi connectivity index (χ4v) is 2.76. The first kappa shape index (κ1) is 11.8. The molecule has 0 aromatic carbocycles. The largest absolute Gasteiger partial charge is 0.369 e. The highest BCUT2D eigenvalue weighted by atomic mass is 32.1. The van der Waals surface area contributed by atoms with E-state index in [4.69, 9.17) is 4.74 Å². The molecule has 1 aliphatic rings. The van der Waals surface area contributed by atoms with Gasteiger partial charge in [-0.15, -0.1) is 16.4 Å². The molecule has 3 rings (SSSR count). The van der Waals surface area contributed by atoms with E-state index in [0.717, 1.165) is 31.0 Å². The number of nitrogens with one attached hydrogen (secondary N) is 1. The van der Waals surface area contributed by atoms with E-state index < -0.39 is 0 Å². The summed E-state index contributed by atoms with van der Waals surface area (Å²) in [6, 6.07) is 4.21. The molecule has 0 saturated carbocycles. The fourth-order valence-electron chi connectivity index (χ4n) is 2.08. The van der Waals surface area contributed by atoms with Crippen molar-refractivity contribution in [3.8, 4) is 0 Å². The quantitative estimate of drug-likeness (QED) is 0.905. The Morgan fingerprint density at radius 1 is 1.61 bits per heavy atom. The van der Waals surface area contributed by atoms with Gasteiger partial charge in [0.1, 0.15) is 0 Å². The first-order valence-corrected chi connectivity index (χ1v) is 6.94. The van der Waals surface area contributed by atoms with Crippen LogP contribution in [0.3, 0.4) is 0 Å². The number of aryl methyl sites for hydroxylation is 1. The summed E-state index contributed by atoms with van der Waals surface area (Å²) in [6.07, 6.45) is 0.179. The number of hydrogen-bond donors (Lipinski definition) is 1. The summed E-state index contributed by atoms with van der Waals surface area (Å²) in [5, 5.41) is 13.7. The van der Waals surface area contributed by atoms with Crippen molar-refractivity contribution in [2.75, 3.05) is 6.54 Å². The minimum absolute atomic E-state index is 0.179. The van der Waals surface area contributed by atoms with Crippen LogP contribution < -0.4 is 5.32 Å². The number of thiophene rings is 1. The molecular formula is C12H16N4OS. The van der Waals surface area contributed by atoms with Gasteiger partial charge in [0.15, 0.2) is 0 Å². The maximum absolute atomic E-state index is 5.80. The van der Waals surface area contributed by atoms with E-state index in [2.05, 4.69) is 33.1 Å². The lowest BCUT2D eigenvalue weighted by atomic mass is 10.2. The molecule has 96 valence electrons. The molecule has 0 amide bonds. The minimum atomic E-state index is 0.179. The topological polar surface area (TPSA) is 52.0 Å². The number of nitrogens with zero attached hydrogens (tertiary/aromatic N) is 3. The van der Waals surface area contributed by atoms with Crippen LogP contribution in [0.15, 0.2) is 17.5 Å². The average Bonchev–Trinajstić information content (AvgIpc) is 3.00. The Balaban J connectivity index is 1.50. The maximum Gasteiger partial charge on any atom is 0.0909 e. The second-order valence-corrected chi connectivity index (χ2v) is 5.48. The smallest absolute Gasteiger partial charge is 0.0909 e. The molecule has 0 radical (unpaired) electrons. The molecule has 2 aromatic rings. The van der Waals surface area contributed by atoms with E-state index in [1.165, 1.54) is 4.88 Å². The number of hydrogen-bond acceptors (Lipinski definition) is 5. The molecule has 1 atom stereocenters. The van der Waals surface area contributed by atoms with Gasteiger partial charge in [-0.1, -0.05) is 11.3 Å². The molecule has 5 nitrogen and oxygen atoms in total. The van der Waals surface area contributed by atoms with E-state index in [0.29, 0.717) is 6.61 Å². The van der Waals surface area contributed by atoms with Gasteiger partial charge in [0, 0.05) is 18.0 Å². The normalized spacial score (nSPS) is 18.8. The molecule has 3 heterocycles. The Kier molecular flexibility index (Phi) is 3.40. The van der Waals surface area contributed by atoms with Crippen molar-refractivity contribution in [1.29, 1.82) is 0 Å². The van der Waals surface area contributed by atoms with Gasteiger partial charge in [0.05, 0.1) is 30.6 Å². The van der Waals surface area contributed by atoms with Crippen LogP contribution in [0.4, 0.5) is 0 Å². The molecule has 0 spiro atoms. The van der Waals surface area contributed by atoms with Gasteiger partial charge in [0.2, 0.25) is 0 Å². The molecule has 1 unspecified atom stereocenters. The highest BCUT2D eigenvalue weighted by Gasteiger charge is 2.21. The second kappa shape index (κ2) is 5.17. The van der Waals surface area contributed by atoms with Gasteiger partial charge in [0.25, 0.3) is 0 Å². The van der Waals surface area contributed by atoms with Gasteiger partial charge >= 0.3 is 0 Å². The summed E-state index contributed by atoms with van der Waals surface area (Å²) in [6.45, 7) is 5.12. The Hall–Kier alpha value is -1.24. The summed E-state index contributed by atoms with van der Waals surface area (Å²) in [5.41, 5.74) is 2.07. The summed E-state index contributed by atoms with van der Waals surface area (Å²) in [5.74, 6) is 0. The standard InChI is InChI=1S/C12H16N4OS/c1-9-12-8-17-10(7-16(12)15-14-9)5-13-6-11-3-2-4-18-11/h2-4,10,13H,5-8H2,1H3. The maximum atomic E-state index is 5.80. The Labute approximate surface area is 110 Å². The van der Waals surface area contributed by atoms with Crippen molar-refractivity contribution in [2.45, 2.75) is 32.7 Å². The summed E-state index contributed by atoms with van der Waals surface area (Å²) < 4.78 is 7.76. The number of rotatable bonds is 4. The third kappa shape index (κ3) is 2.45. The van der Waals surface area contributed by atoms with Gasteiger partial charge in [-0.25, -0.2) is 4.68 Å². The first-order valence-electron chi connectivity index (χ1n) is 6.06. The van der Waals surface area contributed by atoms with Crippen molar-refractivity contribution in [1.82, 2.24) is 20.3 Å². The second-order valence-electron chi connectivity index (χ2n) is 4.45. The van der Waals surface area contributed by atoms with Crippen LogP contribution in [0.25, 0.3) is 0 Å². The molecule has 0 aliphatic carbocycles. The lowest BCUT2D eigenvalue weighted by Gasteiger charge is -2.24. The number of fused-ring (bicyclic) bond motifs is 1. The highest BCUT2D eigenvalue weighted by Crippen LogP contribution is 2.15. The predicted octanol–water partition coefficient (Wildman–Crippen LogP) is 1.34. The van der Waals surface area contributed by atoms with E-state index in [1.54, 1.807) is 11.3 Å².